The molecule has 0 saturated heterocycles. The molecule has 0 aliphatic rings. The van der Waals surface area contributed by atoms with Gasteiger partial charge in [-0.25, -0.2) is 12.8 Å². The van der Waals surface area contributed by atoms with Gasteiger partial charge in [-0.15, -0.1) is 0 Å². The van der Waals surface area contributed by atoms with Crippen molar-refractivity contribution in [2.45, 2.75) is 31.7 Å². The van der Waals surface area contributed by atoms with Crippen molar-refractivity contribution in [2.24, 2.45) is 0 Å². The minimum atomic E-state index is -3.81. The van der Waals surface area contributed by atoms with E-state index >= 15 is 0 Å². The Labute approximate surface area is 125 Å². The topological polar surface area (TPSA) is 37.4 Å². The van der Waals surface area contributed by atoms with E-state index in [0.29, 0.717) is 11.3 Å². The Morgan fingerprint density at radius 3 is 2.24 bits per heavy atom. The molecule has 0 heterocycles. The fourth-order valence-electron chi connectivity index (χ4n) is 2.25. The molecule has 21 heavy (non-hydrogen) atoms. The molecule has 2 aromatic rings. The number of hydrogen-bond donors (Lipinski definition) is 0. The Bertz CT molecular complexity index is 727. The fourth-order valence-corrected chi connectivity index (χ4v) is 4.15. The van der Waals surface area contributed by atoms with Gasteiger partial charge in [0.25, 0.3) is 10.0 Å². The van der Waals surface area contributed by atoms with Gasteiger partial charge in [-0.05, 0) is 50.6 Å². The molecular weight excluding hydrogens is 289 g/mol. The minimum absolute atomic E-state index is 0.0000491. The fraction of sp³-hybridized carbons (Fsp3) is 0.250. The van der Waals surface area contributed by atoms with Gasteiger partial charge in [-0.1, -0.05) is 24.3 Å². The normalized spacial score (nSPS) is 11.7. The summed E-state index contributed by atoms with van der Waals surface area (Å²) in [6.45, 7) is 5.24. The quantitative estimate of drug-likeness (QED) is 0.863. The molecule has 0 radical (unpaired) electrons. The van der Waals surface area contributed by atoms with Crippen molar-refractivity contribution in [1.29, 1.82) is 0 Å². The molecule has 0 bridgehead atoms. The van der Waals surface area contributed by atoms with Crippen LogP contribution in [-0.4, -0.2) is 14.5 Å². The molecule has 0 unspecified atom stereocenters. The maximum Gasteiger partial charge on any atom is 0.264 e. The summed E-state index contributed by atoms with van der Waals surface area (Å²) in [6, 6.07) is 12.4. The number of aryl methyl sites for hydroxylation is 1. The van der Waals surface area contributed by atoms with Crippen molar-refractivity contribution in [3.05, 3.63) is 59.9 Å². The van der Waals surface area contributed by atoms with Crippen LogP contribution in [0.2, 0.25) is 0 Å². The first kappa shape index (κ1) is 15.5. The summed E-state index contributed by atoms with van der Waals surface area (Å²) in [6.07, 6.45) is 0. The summed E-state index contributed by atoms with van der Waals surface area (Å²) < 4.78 is 40.6. The zero-order valence-electron chi connectivity index (χ0n) is 12.2. The summed E-state index contributed by atoms with van der Waals surface area (Å²) >= 11 is 0. The van der Waals surface area contributed by atoms with Crippen molar-refractivity contribution in [2.75, 3.05) is 4.31 Å². The number of rotatable bonds is 4. The monoisotopic (exact) mass is 307 g/mol. The Hall–Kier alpha value is -1.88. The van der Waals surface area contributed by atoms with Crippen LogP contribution in [-0.2, 0) is 10.0 Å². The third-order valence-corrected chi connectivity index (χ3v) is 5.31. The Morgan fingerprint density at radius 1 is 1.05 bits per heavy atom. The van der Waals surface area contributed by atoms with Crippen LogP contribution in [0.3, 0.4) is 0 Å². The van der Waals surface area contributed by atoms with Gasteiger partial charge in [0.05, 0.1) is 10.6 Å². The van der Waals surface area contributed by atoms with Crippen molar-refractivity contribution in [3.8, 4) is 0 Å². The standard InChI is InChI=1S/C16H18FNO2S/c1-12(2)18(15-7-5-4-6-8-15)21(19,20)16-11-14(17)10-9-13(16)3/h4-12H,1-3H3. The van der Waals surface area contributed by atoms with Crippen LogP contribution >= 0.6 is 0 Å². The highest BCUT2D eigenvalue weighted by atomic mass is 32.2. The molecule has 0 amide bonds. The van der Waals surface area contributed by atoms with E-state index in [1.165, 1.54) is 16.4 Å². The lowest BCUT2D eigenvalue weighted by Crippen LogP contribution is -2.37. The first-order chi connectivity index (χ1) is 9.84. The van der Waals surface area contributed by atoms with Crippen LogP contribution in [0.1, 0.15) is 19.4 Å². The average molecular weight is 307 g/mol. The van der Waals surface area contributed by atoms with Crippen molar-refractivity contribution in [3.63, 3.8) is 0 Å². The molecule has 0 saturated carbocycles. The Morgan fingerprint density at radius 2 is 1.67 bits per heavy atom. The van der Waals surface area contributed by atoms with Crippen molar-refractivity contribution >= 4 is 15.7 Å². The van der Waals surface area contributed by atoms with Crippen LogP contribution in [0.5, 0.6) is 0 Å². The van der Waals surface area contributed by atoms with Gasteiger partial charge < -0.3 is 0 Å². The number of benzene rings is 2. The highest BCUT2D eigenvalue weighted by Crippen LogP contribution is 2.28. The largest absolute Gasteiger partial charge is 0.264 e. The zero-order valence-corrected chi connectivity index (χ0v) is 13.1. The molecule has 5 heteroatoms. The van der Waals surface area contributed by atoms with E-state index in [-0.39, 0.29) is 10.9 Å². The van der Waals surface area contributed by atoms with Crippen molar-refractivity contribution < 1.29 is 12.8 Å². The first-order valence-corrected chi connectivity index (χ1v) is 8.13. The first-order valence-electron chi connectivity index (χ1n) is 6.69. The van der Waals surface area contributed by atoms with Crippen LogP contribution in [0.4, 0.5) is 10.1 Å². The van der Waals surface area contributed by atoms with E-state index in [1.807, 2.05) is 6.07 Å². The molecule has 0 atom stereocenters. The predicted molar refractivity (Wildman–Crippen MR) is 82.4 cm³/mol. The van der Waals surface area contributed by atoms with E-state index in [0.717, 1.165) is 6.07 Å². The van der Waals surface area contributed by atoms with E-state index in [1.54, 1.807) is 45.0 Å². The van der Waals surface area contributed by atoms with Gasteiger partial charge in [0.1, 0.15) is 5.82 Å². The van der Waals surface area contributed by atoms with Gasteiger partial charge in [-0.3, -0.25) is 4.31 Å². The highest BCUT2D eigenvalue weighted by Gasteiger charge is 2.29. The molecule has 0 aliphatic heterocycles. The lowest BCUT2D eigenvalue weighted by molar-refractivity contribution is 0.579. The van der Waals surface area contributed by atoms with Crippen LogP contribution in [0.15, 0.2) is 53.4 Å². The molecule has 0 spiro atoms. The summed E-state index contributed by atoms with van der Waals surface area (Å²) in [7, 11) is -3.81. The second kappa shape index (κ2) is 5.85. The lowest BCUT2D eigenvalue weighted by atomic mass is 10.2. The van der Waals surface area contributed by atoms with E-state index in [4.69, 9.17) is 0 Å². The summed E-state index contributed by atoms with van der Waals surface area (Å²) in [5.74, 6) is -0.559. The molecule has 2 aromatic carbocycles. The molecule has 3 nitrogen and oxygen atoms in total. The average Bonchev–Trinajstić information content (AvgIpc) is 2.42. The van der Waals surface area contributed by atoms with Crippen LogP contribution < -0.4 is 4.31 Å². The number of hydrogen-bond acceptors (Lipinski definition) is 2. The number of anilines is 1. The molecular formula is C16H18FNO2S. The summed E-state index contributed by atoms with van der Waals surface area (Å²) in [5, 5.41) is 0. The van der Waals surface area contributed by atoms with Gasteiger partial charge in [-0.2, -0.15) is 0 Å². The predicted octanol–water partition coefficient (Wildman–Crippen LogP) is 3.74. The molecule has 0 aromatic heterocycles. The van der Waals surface area contributed by atoms with Gasteiger partial charge in [0, 0.05) is 6.04 Å². The number of nitrogens with zero attached hydrogens (tertiary/aromatic N) is 1. The Balaban J connectivity index is 2.61. The second-order valence-corrected chi connectivity index (χ2v) is 6.92. The van der Waals surface area contributed by atoms with Crippen molar-refractivity contribution in [1.82, 2.24) is 0 Å². The van der Waals surface area contributed by atoms with Gasteiger partial charge in [0.2, 0.25) is 0 Å². The minimum Gasteiger partial charge on any atom is -0.264 e. The zero-order chi connectivity index (χ0) is 15.6. The lowest BCUT2D eigenvalue weighted by Gasteiger charge is -2.28. The number of halogens is 1. The molecule has 2 rings (SSSR count). The SMILES string of the molecule is Cc1ccc(F)cc1S(=O)(=O)N(c1ccccc1)C(C)C. The maximum absolute atomic E-state index is 13.5. The number of para-hydroxylation sites is 1. The van der Waals surface area contributed by atoms with E-state index in [2.05, 4.69) is 0 Å². The second-order valence-electron chi connectivity index (χ2n) is 5.14. The van der Waals surface area contributed by atoms with E-state index in [9.17, 15) is 12.8 Å². The highest BCUT2D eigenvalue weighted by molar-refractivity contribution is 7.93. The van der Waals surface area contributed by atoms with Crippen LogP contribution in [0, 0.1) is 12.7 Å². The third-order valence-electron chi connectivity index (χ3n) is 3.17. The van der Waals surface area contributed by atoms with Gasteiger partial charge >= 0.3 is 0 Å². The number of sulfonamides is 1. The molecule has 112 valence electrons. The van der Waals surface area contributed by atoms with E-state index < -0.39 is 15.8 Å². The maximum atomic E-state index is 13.5. The molecule has 0 aliphatic carbocycles. The van der Waals surface area contributed by atoms with Gasteiger partial charge in [0.15, 0.2) is 0 Å². The molecule has 0 N–H and O–H groups in total. The Kier molecular flexibility index (Phi) is 4.32. The molecule has 0 fully saturated rings. The summed E-state index contributed by atoms with van der Waals surface area (Å²) in [5.41, 5.74) is 1.09. The van der Waals surface area contributed by atoms with Crippen LogP contribution in [0.25, 0.3) is 0 Å². The third kappa shape index (κ3) is 3.08. The summed E-state index contributed by atoms with van der Waals surface area (Å²) in [4.78, 5) is 0.0000491. The smallest absolute Gasteiger partial charge is 0.264 e.